The number of hydrogen-bond donors (Lipinski definition) is 3. The molecule has 0 aliphatic carbocycles. The molecule has 0 amide bonds. The predicted molar refractivity (Wildman–Crippen MR) is 98.1 cm³/mol. The minimum absolute atomic E-state index is 0.294. The molecule has 1 aromatic carbocycles. The number of benzene rings is 1. The van der Waals surface area contributed by atoms with Crippen LogP contribution >= 0.6 is 0 Å². The molecule has 0 radical (unpaired) electrons. The van der Waals surface area contributed by atoms with Gasteiger partial charge in [0, 0.05) is 6.42 Å². The zero-order valence-electron chi connectivity index (χ0n) is 14.4. The van der Waals surface area contributed by atoms with Crippen LogP contribution in [0.4, 0.5) is 0 Å². The van der Waals surface area contributed by atoms with E-state index in [4.69, 9.17) is 10.8 Å². The van der Waals surface area contributed by atoms with Gasteiger partial charge in [-0.3, -0.25) is 9.59 Å². The second kappa shape index (κ2) is 12.2. The molecular formula is C20H27NO4. The van der Waals surface area contributed by atoms with Crippen LogP contribution in [0.2, 0.25) is 0 Å². The van der Waals surface area contributed by atoms with Crippen molar-refractivity contribution < 1.29 is 19.8 Å². The average Bonchev–Trinajstić information content (AvgIpc) is 2.60. The summed E-state index contributed by atoms with van der Waals surface area (Å²) in [6, 6.07) is 8.97. The highest BCUT2D eigenvalue weighted by atomic mass is 16.4. The first-order chi connectivity index (χ1) is 12.0. The standard InChI is InChI=1S/C20H27NO4/c21-19(20(24)25)18(23)15-17(22)14-10-5-3-1-2-4-7-11-16-12-8-6-9-13-16/h3,5-6,8-10,12-14,18-19,23H,1-2,4,7,11,15,21H2,(H,24,25)/b5-3+,14-10+/t18-,19+/m1/s1. The van der Waals surface area contributed by atoms with Gasteiger partial charge in [-0.2, -0.15) is 0 Å². The summed E-state index contributed by atoms with van der Waals surface area (Å²) in [6.07, 6.45) is 10.5. The van der Waals surface area contributed by atoms with Crippen molar-refractivity contribution in [2.45, 2.75) is 50.7 Å². The molecule has 0 aromatic heterocycles. The molecule has 1 rings (SSSR count). The number of aliphatic hydroxyl groups excluding tert-OH is 1. The van der Waals surface area contributed by atoms with Gasteiger partial charge in [0.25, 0.3) is 0 Å². The Morgan fingerprint density at radius 3 is 2.48 bits per heavy atom. The SMILES string of the molecule is N[C@H](C(=O)O)[C@H](O)CC(=O)/C=C/C=C/CCCCCc1ccccc1. The first-order valence-electron chi connectivity index (χ1n) is 8.57. The lowest BCUT2D eigenvalue weighted by molar-refractivity contribution is -0.141. The molecule has 4 N–H and O–H groups in total. The highest BCUT2D eigenvalue weighted by Crippen LogP contribution is 2.08. The minimum atomic E-state index is -1.44. The summed E-state index contributed by atoms with van der Waals surface area (Å²) in [6.45, 7) is 0. The van der Waals surface area contributed by atoms with Crippen molar-refractivity contribution in [1.29, 1.82) is 0 Å². The van der Waals surface area contributed by atoms with E-state index in [0.29, 0.717) is 0 Å². The van der Waals surface area contributed by atoms with Crippen molar-refractivity contribution in [1.82, 2.24) is 0 Å². The molecule has 0 bridgehead atoms. The third-order valence-corrected chi connectivity index (χ3v) is 3.82. The molecule has 5 nitrogen and oxygen atoms in total. The highest BCUT2D eigenvalue weighted by Gasteiger charge is 2.23. The Hall–Kier alpha value is -2.24. The lowest BCUT2D eigenvalue weighted by Crippen LogP contribution is -2.42. The number of allylic oxidation sites excluding steroid dienone is 4. The number of aliphatic carboxylic acids is 1. The van der Waals surface area contributed by atoms with Gasteiger partial charge in [0.1, 0.15) is 6.04 Å². The summed E-state index contributed by atoms with van der Waals surface area (Å²) >= 11 is 0. The van der Waals surface area contributed by atoms with Crippen molar-refractivity contribution in [3.05, 3.63) is 60.2 Å². The molecule has 0 heterocycles. The highest BCUT2D eigenvalue weighted by molar-refractivity contribution is 5.90. The van der Waals surface area contributed by atoms with Crippen molar-refractivity contribution in [2.75, 3.05) is 0 Å². The van der Waals surface area contributed by atoms with Crippen molar-refractivity contribution in [3.8, 4) is 0 Å². The van der Waals surface area contributed by atoms with E-state index in [1.807, 2.05) is 12.1 Å². The molecule has 2 atom stereocenters. The molecule has 1 aromatic rings. The number of aryl methyl sites for hydroxylation is 1. The van der Waals surface area contributed by atoms with E-state index >= 15 is 0 Å². The van der Waals surface area contributed by atoms with Crippen LogP contribution < -0.4 is 5.73 Å². The van der Waals surface area contributed by atoms with Crippen molar-refractivity contribution in [3.63, 3.8) is 0 Å². The summed E-state index contributed by atoms with van der Waals surface area (Å²) in [7, 11) is 0. The topological polar surface area (TPSA) is 101 Å². The average molecular weight is 345 g/mol. The Labute approximate surface area is 148 Å². The fourth-order valence-corrected chi connectivity index (χ4v) is 2.32. The third-order valence-electron chi connectivity index (χ3n) is 3.82. The van der Waals surface area contributed by atoms with Gasteiger partial charge in [0.05, 0.1) is 6.10 Å². The molecule has 0 unspecified atom stereocenters. The maximum atomic E-state index is 11.6. The molecule has 0 fully saturated rings. The largest absolute Gasteiger partial charge is 0.480 e. The quantitative estimate of drug-likeness (QED) is 0.307. The first-order valence-corrected chi connectivity index (χ1v) is 8.57. The molecule has 0 spiro atoms. The van der Waals surface area contributed by atoms with Crippen LogP contribution in [0.15, 0.2) is 54.6 Å². The van der Waals surface area contributed by atoms with Crippen LogP contribution in [0.3, 0.4) is 0 Å². The Morgan fingerprint density at radius 1 is 1.08 bits per heavy atom. The Balaban J connectivity index is 2.11. The molecular weight excluding hydrogens is 318 g/mol. The van der Waals surface area contributed by atoms with Crippen LogP contribution in [0, 0.1) is 0 Å². The van der Waals surface area contributed by atoms with E-state index in [1.54, 1.807) is 12.2 Å². The van der Waals surface area contributed by atoms with E-state index in [9.17, 15) is 14.7 Å². The summed E-state index contributed by atoms with van der Waals surface area (Å²) in [5, 5.41) is 18.1. The van der Waals surface area contributed by atoms with Gasteiger partial charge >= 0.3 is 5.97 Å². The molecule has 136 valence electrons. The lowest BCUT2D eigenvalue weighted by atomic mass is 10.1. The van der Waals surface area contributed by atoms with Gasteiger partial charge < -0.3 is 15.9 Å². The number of unbranched alkanes of at least 4 members (excludes halogenated alkanes) is 3. The number of carboxylic acids is 1. The Morgan fingerprint density at radius 2 is 1.80 bits per heavy atom. The summed E-state index contributed by atoms with van der Waals surface area (Å²) in [5.41, 5.74) is 6.60. The maximum absolute atomic E-state index is 11.6. The summed E-state index contributed by atoms with van der Waals surface area (Å²) in [5.74, 6) is -1.67. The van der Waals surface area contributed by atoms with Gasteiger partial charge in [-0.1, -0.05) is 55.0 Å². The Bertz CT molecular complexity index is 581. The van der Waals surface area contributed by atoms with Crippen LogP contribution in [-0.4, -0.2) is 34.1 Å². The first kappa shape index (κ1) is 20.8. The fourth-order valence-electron chi connectivity index (χ4n) is 2.32. The van der Waals surface area contributed by atoms with Crippen LogP contribution in [0.25, 0.3) is 0 Å². The van der Waals surface area contributed by atoms with Gasteiger partial charge in [-0.15, -0.1) is 0 Å². The second-order valence-corrected chi connectivity index (χ2v) is 5.97. The number of hydrogen-bond acceptors (Lipinski definition) is 4. The van der Waals surface area contributed by atoms with Crippen LogP contribution in [0.5, 0.6) is 0 Å². The van der Waals surface area contributed by atoms with Gasteiger partial charge in [0.2, 0.25) is 0 Å². The van der Waals surface area contributed by atoms with Crippen molar-refractivity contribution in [2.24, 2.45) is 5.73 Å². The molecule has 0 saturated carbocycles. The monoisotopic (exact) mass is 345 g/mol. The van der Waals surface area contributed by atoms with E-state index in [-0.39, 0.29) is 12.2 Å². The smallest absolute Gasteiger partial charge is 0.323 e. The third kappa shape index (κ3) is 9.59. The van der Waals surface area contributed by atoms with Crippen LogP contribution in [-0.2, 0) is 16.0 Å². The molecule has 0 aliphatic rings. The minimum Gasteiger partial charge on any atom is -0.480 e. The molecule has 0 saturated heterocycles. The normalized spacial score (nSPS) is 14.0. The zero-order chi connectivity index (χ0) is 18.5. The zero-order valence-corrected chi connectivity index (χ0v) is 14.4. The number of aliphatic hydroxyl groups is 1. The summed E-state index contributed by atoms with van der Waals surface area (Å²) in [4.78, 5) is 22.1. The van der Waals surface area contributed by atoms with Gasteiger partial charge in [0.15, 0.2) is 5.78 Å². The second-order valence-electron chi connectivity index (χ2n) is 5.97. The van der Waals surface area contributed by atoms with E-state index in [1.165, 1.54) is 11.6 Å². The van der Waals surface area contributed by atoms with E-state index in [2.05, 4.69) is 24.3 Å². The summed E-state index contributed by atoms with van der Waals surface area (Å²) < 4.78 is 0. The number of carboxylic acid groups (broad SMARTS) is 1. The number of nitrogens with two attached hydrogens (primary N) is 1. The fraction of sp³-hybridized carbons (Fsp3) is 0.400. The van der Waals surface area contributed by atoms with Gasteiger partial charge in [-0.05, 0) is 37.3 Å². The number of rotatable bonds is 12. The van der Waals surface area contributed by atoms with Gasteiger partial charge in [-0.25, -0.2) is 0 Å². The maximum Gasteiger partial charge on any atom is 0.323 e. The van der Waals surface area contributed by atoms with Crippen LogP contribution in [0.1, 0.15) is 37.7 Å². The lowest BCUT2D eigenvalue weighted by Gasteiger charge is -2.12. The number of carbonyl (C=O) groups excluding carboxylic acids is 1. The predicted octanol–water partition coefficient (Wildman–Crippen LogP) is 2.63. The molecule has 25 heavy (non-hydrogen) atoms. The number of carbonyl (C=O) groups is 2. The Kier molecular flexibility index (Phi) is 10.1. The van der Waals surface area contributed by atoms with E-state index < -0.39 is 18.1 Å². The molecule has 5 heteroatoms. The number of ketones is 1. The molecule has 0 aliphatic heterocycles. The van der Waals surface area contributed by atoms with E-state index in [0.717, 1.165) is 32.1 Å². The van der Waals surface area contributed by atoms with Crippen molar-refractivity contribution >= 4 is 11.8 Å².